The highest BCUT2D eigenvalue weighted by molar-refractivity contribution is 7.00. The van der Waals surface area contributed by atoms with E-state index >= 15 is 0 Å². The third-order valence-corrected chi connectivity index (χ3v) is 13.1. The van der Waals surface area contributed by atoms with Gasteiger partial charge in [0.2, 0.25) is 0 Å². The molecule has 3 nitrogen and oxygen atoms in total. The summed E-state index contributed by atoms with van der Waals surface area (Å²) in [5, 5.41) is 0. The molecule has 0 aromatic heterocycles. The Kier molecular flexibility index (Phi) is 8.92. The van der Waals surface area contributed by atoms with Crippen molar-refractivity contribution in [2.24, 2.45) is 5.92 Å². The highest BCUT2D eigenvalue weighted by Crippen LogP contribution is 2.50. The van der Waals surface area contributed by atoms with Gasteiger partial charge in [-0.2, -0.15) is 0 Å². The third-order valence-electron chi connectivity index (χ3n) is 13.1. The van der Waals surface area contributed by atoms with Gasteiger partial charge in [-0.15, -0.1) is 0 Å². The summed E-state index contributed by atoms with van der Waals surface area (Å²) in [6, 6.07) is 36.0. The van der Waals surface area contributed by atoms with Crippen molar-refractivity contribution in [3.63, 3.8) is 0 Å². The molecule has 0 fully saturated rings. The molecule has 2 unspecified atom stereocenters. The Labute approximate surface area is 354 Å². The molecule has 5 aromatic carbocycles. The molecule has 300 valence electrons. The lowest BCUT2D eigenvalue weighted by Gasteiger charge is -2.45. The quantitative estimate of drug-likeness (QED) is 0.166. The van der Waals surface area contributed by atoms with Gasteiger partial charge < -0.3 is 14.5 Å². The molecule has 0 spiro atoms. The number of allylic oxidation sites excluding steroid dienone is 2. The molecule has 0 radical (unpaired) electrons. The van der Waals surface area contributed by atoms with Crippen LogP contribution in [0.25, 0.3) is 5.57 Å². The van der Waals surface area contributed by atoms with Crippen LogP contribution in [0, 0.1) is 12.8 Å². The fourth-order valence-electron chi connectivity index (χ4n) is 9.62. The van der Waals surface area contributed by atoms with Crippen molar-refractivity contribution >= 4 is 62.8 Å². The van der Waals surface area contributed by atoms with Gasteiger partial charge in [0.05, 0.1) is 11.9 Å². The number of aryl methyl sites for hydroxylation is 1. The van der Waals surface area contributed by atoms with Crippen molar-refractivity contribution in [1.29, 1.82) is 0 Å². The number of fused-ring (bicyclic) bond motifs is 5. The van der Waals surface area contributed by atoms with Crippen LogP contribution in [0.2, 0.25) is 0 Å². The van der Waals surface area contributed by atoms with E-state index in [0.29, 0.717) is 0 Å². The summed E-state index contributed by atoms with van der Waals surface area (Å²) in [6.07, 6.45) is 10.8. The second-order valence-corrected chi connectivity index (χ2v) is 21.6. The molecule has 2 atom stereocenters. The third kappa shape index (κ3) is 6.58. The maximum atomic E-state index is 6.41. The van der Waals surface area contributed by atoms with E-state index in [9.17, 15) is 0 Å². The number of hydrogen-bond donors (Lipinski definition) is 0. The minimum absolute atomic E-state index is 0.00646. The molecule has 5 aromatic rings. The van der Waals surface area contributed by atoms with Gasteiger partial charge in [0, 0.05) is 45.5 Å². The fourth-order valence-corrected chi connectivity index (χ4v) is 9.62. The topological polar surface area (TPSA) is 15.7 Å². The van der Waals surface area contributed by atoms with Crippen molar-refractivity contribution in [1.82, 2.24) is 0 Å². The summed E-state index contributed by atoms with van der Waals surface area (Å²) in [5.41, 5.74) is 20.5. The van der Waals surface area contributed by atoms with Gasteiger partial charge in [-0.05, 0) is 127 Å². The smallest absolute Gasteiger partial charge is 0.252 e. The predicted octanol–water partition coefficient (Wildman–Crippen LogP) is 12.7. The van der Waals surface area contributed by atoms with E-state index in [-0.39, 0.29) is 40.4 Å². The molecule has 0 saturated carbocycles. The molecule has 1 aliphatic carbocycles. The minimum atomic E-state index is -0.0263. The van der Waals surface area contributed by atoms with Crippen LogP contribution in [0.1, 0.15) is 116 Å². The normalized spacial score (nSPS) is 18.3. The first kappa shape index (κ1) is 39.3. The molecule has 0 N–H and O–H groups in total. The molecule has 59 heavy (non-hydrogen) atoms. The van der Waals surface area contributed by atoms with Crippen LogP contribution in [-0.2, 0) is 26.4 Å². The SMILES string of the molecule is Cc1cc2c3c(c1)N(c1ccc(C(C)(C)C)cc1C1=COC4C=CC=CC14)c1ccc(C(C)(C)C)cc1B3c1cc(C(C)(C)C)ccc1N2c1ccc(C(C)(C)C)cc1. The van der Waals surface area contributed by atoms with Crippen LogP contribution in [0.5, 0.6) is 0 Å². The van der Waals surface area contributed by atoms with E-state index in [4.69, 9.17) is 4.74 Å². The fraction of sp³-hybridized carbons (Fsp3) is 0.345. The zero-order valence-electron chi connectivity index (χ0n) is 37.6. The highest BCUT2D eigenvalue weighted by Gasteiger charge is 2.45. The number of nitrogens with zero attached hydrogens (tertiary/aromatic N) is 2. The van der Waals surface area contributed by atoms with Gasteiger partial charge in [0.15, 0.2) is 0 Å². The summed E-state index contributed by atoms with van der Waals surface area (Å²) in [7, 11) is 0. The summed E-state index contributed by atoms with van der Waals surface area (Å²) in [5.74, 6) is 0.148. The first-order valence-electron chi connectivity index (χ1n) is 21.7. The average Bonchev–Trinajstić information content (AvgIpc) is 3.60. The van der Waals surface area contributed by atoms with Crippen LogP contribution in [0.3, 0.4) is 0 Å². The van der Waals surface area contributed by atoms with Crippen LogP contribution < -0.4 is 26.2 Å². The van der Waals surface area contributed by atoms with Crippen molar-refractivity contribution in [2.45, 2.75) is 118 Å². The standard InChI is InChI=1S/C55H61BN2O/c1-34-28-48-51-49(29-34)58(45-25-20-36(53(5,6)7)30-41(45)42-33-59-50-17-15-14-16-40(42)50)47-27-22-38(55(11,12)13)32-44(47)56(51)43-31-37(54(8,9)10)21-26-46(43)57(48)39-23-18-35(19-24-39)52(2,3)4/h14-33,40,50H,1-13H3. The Morgan fingerprint density at radius 2 is 0.966 bits per heavy atom. The Bertz CT molecular complexity index is 2600. The molecule has 0 amide bonds. The Balaban J connectivity index is 1.37. The van der Waals surface area contributed by atoms with Gasteiger partial charge in [-0.25, -0.2) is 0 Å². The maximum Gasteiger partial charge on any atom is 0.252 e. The van der Waals surface area contributed by atoms with Gasteiger partial charge in [-0.3, -0.25) is 0 Å². The highest BCUT2D eigenvalue weighted by atomic mass is 16.5. The number of ether oxygens (including phenoxy) is 1. The Morgan fingerprint density at radius 1 is 0.492 bits per heavy atom. The van der Waals surface area contributed by atoms with Crippen molar-refractivity contribution in [3.05, 3.63) is 155 Å². The number of hydrogen-bond acceptors (Lipinski definition) is 3. The number of rotatable bonds is 3. The molecule has 0 saturated heterocycles. The lowest BCUT2D eigenvalue weighted by atomic mass is 9.33. The lowest BCUT2D eigenvalue weighted by Crippen LogP contribution is -2.61. The van der Waals surface area contributed by atoms with Crippen LogP contribution in [-0.4, -0.2) is 12.8 Å². The maximum absolute atomic E-state index is 6.41. The molecule has 9 rings (SSSR count). The summed E-state index contributed by atoms with van der Waals surface area (Å²) in [6.45, 7) is 30.2. The Hall–Kier alpha value is -5.22. The molecular weight excluding hydrogens is 715 g/mol. The summed E-state index contributed by atoms with van der Waals surface area (Å²) >= 11 is 0. The van der Waals surface area contributed by atoms with Crippen molar-refractivity contribution in [3.8, 4) is 0 Å². The molecule has 4 heteroatoms. The molecule has 0 bridgehead atoms. The minimum Gasteiger partial charge on any atom is -0.493 e. The van der Waals surface area contributed by atoms with Crippen LogP contribution >= 0.6 is 0 Å². The first-order chi connectivity index (χ1) is 27.7. The zero-order valence-corrected chi connectivity index (χ0v) is 37.6. The van der Waals surface area contributed by atoms with Crippen molar-refractivity contribution < 1.29 is 4.74 Å². The molecular formula is C55H61BN2O. The van der Waals surface area contributed by atoms with Gasteiger partial charge in [0.1, 0.15) is 6.10 Å². The second-order valence-electron chi connectivity index (χ2n) is 21.6. The van der Waals surface area contributed by atoms with E-state index in [1.165, 1.54) is 89.5 Å². The van der Waals surface area contributed by atoms with Gasteiger partial charge in [0.25, 0.3) is 6.71 Å². The monoisotopic (exact) mass is 776 g/mol. The van der Waals surface area contributed by atoms with E-state index in [2.05, 4.69) is 215 Å². The van der Waals surface area contributed by atoms with E-state index < -0.39 is 0 Å². The molecule has 3 aliphatic heterocycles. The summed E-state index contributed by atoms with van der Waals surface area (Å²) < 4.78 is 6.41. The largest absolute Gasteiger partial charge is 0.493 e. The number of benzene rings is 5. The first-order valence-corrected chi connectivity index (χ1v) is 21.7. The van der Waals surface area contributed by atoms with Crippen molar-refractivity contribution in [2.75, 3.05) is 9.80 Å². The second kappa shape index (κ2) is 13.4. The van der Waals surface area contributed by atoms with E-state index in [0.717, 1.165) is 0 Å². The Morgan fingerprint density at radius 3 is 1.53 bits per heavy atom. The van der Waals surface area contributed by atoms with Crippen LogP contribution in [0.4, 0.5) is 34.1 Å². The van der Waals surface area contributed by atoms with E-state index in [1.54, 1.807) is 0 Å². The van der Waals surface area contributed by atoms with Gasteiger partial charge >= 0.3 is 0 Å². The van der Waals surface area contributed by atoms with E-state index in [1.807, 2.05) is 6.26 Å². The molecule has 3 heterocycles. The zero-order chi connectivity index (χ0) is 42.0. The lowest BCUT2D eigenvalue weighted by molar-refractivity contribution is 0.192. The number of anilines is 6. The van der Waals surface area contributed by atoms with Crippen LogP contribution in [0.15, 0.2) is 122 Å². The predicted molar refractivity (Wildman–Crippen MR) is 255 cm³/mol. The summed E-state index contributed by atoms with van der Waals surface area (Å²) in [4.78, 5) is 5.15. The molecule has 4 aliphatic rings. The van der Waals surface area contributed by atoms with Gasteiger partial charge in [-0.1, -0.05) is 144 Å². The average molecular weight is 777 g/mol.